The normalized spacial score (nSPS) is 12.3. The van der Waals surface area contributed by atoms with Gasteiger partial charge < -0.3 is 9.72 Å². The second kappa shape index (κ2) is 6.62. The minimum absolute atomic E-state index is 0.201. The first kappa shape index (κ1) is 14.7. The molecule has 7 heteroatoms. The van der Waals surface area contributed by atoms with Crippen LogP contribution in [0.5, 0.6) is 5.75 Å². The van der Waals surface area contributed by atoms with Gasteiger partial charge >= 0.3 is 0 Å². The number of hydrazine groups is 1. The molecule has 0 bridgehead atoms. The lowest BCUT2D eigenvalue weighted by molar-refractivity contribution is -0.120. The number of nitrogens with one attached hydrogen (secondary N) is 2. The minimum atomic E-state index is -0.257. The van der Waals surface area contributed by atoms with Crippen LogP contribution in [0.15, 0.2) is 23.4 Å². The van der Waals surface area contributed by atoms with Crippen LogP contribution in [0.4, 0.5) is 0 Å². The van der Waals surface area contributed by atoms with E-state index in [1.54, 1.807) is 0 Å². The number of H-pyrrole nitrogens is 1. The summed E-state index contributed by atoms with van der Waals surface area (Å²) in [5.41, 5.74) is 3.91. The summed E-state index contributed by atoms with van der Waals surface area (Å²) >= 11 is 1.37. The highest BCUT2D eigenvalue weighted by atomic mass is 32.2. The van der Waals surface area contributed by atoms with Crippen LogP contribution in [0, 0.1) is 0 Å². The highest BCUT2D eigenvalue weighted by molar-refractivity contribution is 8.00. The lowest BCUT2D eigenvalue weighted by Crippen LogP contribution is -2.37. The number of carbonyl (C=O) groups excluding carboxylic acids is 1. The average Bonchev–Trinajstić information content (AvgIpc) is 2.86. The van der Waals surface area contributed by atoms with Gasteiger partial charge in [-0.3, -0.25) is 10.2 Å². The van der Waals surface area contributed by atoms with Crippen LogP contribution in [0.3, 0.4) is 0 Å². The number of amides is 1. The van der Waals surface area contributed by atoms with E-state index in [0.29, 0.717) is 18.2 Å². The summed E-state index contributed by atoms with van der Waals surface area (Å²) in [6, 6.07) is 5.68. The number of thioether (sulfide) groups is 1. The molecule has 0 fully saturated rings. The van der Waals surface area contributed by atoms with Crippen molar-refractivity contribution in [2.75, 3.05) is 6.61 Å². The fourth-order valence-electron chi connectivity index (χ4n) is 1.83. The van der Waals surface area contributed by atoms with Crippen LogP contribution in [-0.4, -0.2) is 27.7 Å². The zero-order valence-electron chi connectivity index (χ0n) is 11.5. The lowest BCUT2D eigenvalue weighted by atomic mass is 10.3. The molecule has 1 atom stereocenters. The van der Waals surface area contributed by atoms with Crippen molar-refractivity contribution < 1.29 is 9.53 Å². The maximum atomic E-state index is 11.6. The Hall–Kier alpha value is -1.73. The van der Waals surface area contributed by atoms with Crippen LogP contribution < -0.4 is 16.0 Å². The number of fused-ring (bicyclic) bond motifs is 1. The second-order valence-corrected chi connectivity index (χ2v) is 5.37. The third kappa shape index (κ3) is 3.23. The van der Waals surface area contributed by atoms with E-state index >= 15 is 0 Å². The Balaban J connectivity index is 2.20. The van der Waals surface area contributed by atoms with E-state index in [1.807, 2.05) is 32.0 Å². The summed E-state index contributed by atoms with van der Waals surface area (Å²) in [7, 11) is 0. The Labute approximate surface area is 121 Å². The van der Waals surface area contributed by atoms with Crippen molar-refractivity contribution in [1.29, 1.82) is 0 Å². The maximum absolute atomic E-state index is 11.6. The van der Waals surface area contributed by atoms with Crippen LogP contribution >= 0.6 is 11.8 Å². The summed E-state index contributed by atoms with van der Waals surface area (Å²) < 4.78 is 5.45. The SMILES string of the molecule is CCOc1ccc2nc(SC(CC)C(=O)NN)[nH]c2c1. The number of rotatable bonds is 6. The molecule has 0 spiro atoms. The van der Waals surface area contributed by atoms with Gasteiger partial charge in [0.25, 0.3) is 0 Å². The van der Waals surface area contributed by atoms with Crippen LogP contribution in [0.1, 0.15) is 20.3 Å². The summed E-state index contributed by atoms with van der Waals surface area (Å²) in [6.07, 6.45) is 0.676. The van der Waals surface area contributed by atoms with Crippen LogP contribution in [-0.2, 0) is 4.79 Å². The smallest absolute Gasteiger partial charge is 0.247 e. The summed E-state index contributed by atoms with van der Waals surface area (Å²) in [4.78, 5) is 19.2. The third-order valence-corrected chi connectivity index (χ3v) is 4.05. The van der Waals surface area contributed by atoms with Crippen molar-refractivity contribution in [3.63, 3.8) is 0 Å². The van der Waals surface area contributed by atoms with E-state index in [2.05, 4.69) is 15.4 Å². The van der Waals surface area contributed by atoms with Gasteiger partial charge in [-0.05, 0) is 25.5 Å². The highest BCUT2D eigenvalue weighted by Gasteiger charge is 2.18. The van der Waals surface area contributed by atoms with Gasteiger partial charge in [0.15, 0.2) is 5.16 Å². The van der Waals surface area contributed by atoms with Gasteiger partial charge in [-0.25, -0.2) is 10.8 Å². The van der Waals surface area contributed by atoms with E-state index in [0.717, 1.165) is 16.8 Å². The fraction of sp³-hybridized carbons (Fsp3) is 0.385. The molecule has 4 N–H and O–H groups in total. The summed E-state index contributed by atoms with van der Waals surface area (Å²) in [6.45, 7) is 4.49. The zero-order valence-corrected chi connectivity index (χ0v) is 12.3. The van der Waals surface area contributed by atoms with E-state index in [1.165, 1.54) is 11.8 Å². The van der Waals surface area contributed by atoms with E-state index in [9.17, 15) is 4.79 Å². The number of nitrogens with zero attached hydrogens (tertiary/aromatic N) is 1. The molecule has 2 aromatic rings. The molecule has 20 heavy (non-hydrogen) atoms. The predicted molar refractivity (Wildman–Crippen MR) is 79.5 cm³/mol. The molecule has 1 aromatic heterocycles. The molecule has 0 saturated carbocycles. The Bertz CT molecular complexity index is 599. The largest absolute Gasteiger partial charge is 0.494 e. The van der Waals surface area contributed by atoms with Gasteiger partial charge in [0, 0.05) is 6.07 Å². The molecule has 0 aliphatic carbocycles. The monoisotopic (exact) mass is 294 g/mol. The van der Waals surface area contributed by atoms with Gasteiger partial charge in [0.05, 0.1) is 22.9 Å². The molecule has 6 nitrogen and oxygen atoms in total. The third-order valence-electron chi connectivity index (χ3n) is 2.80. The lowest BCUT2D eigenvalue weighted by Gasteiger charge is -2.09. The van der Waals surface area contributed by atoms with Gasteiger partial charge in [0.2, 0.25) is 5.91 Å². The Kier molecular flexibility index (Phi) is 4.86. The maximum Gasteiger partial charge on any atom is 0.247 e. The second-order valence-electron chi connectivity index (χ2n) is 4.18. The number of aromatic nitrogens is 2. The van der Waals surface area contributed by atoms with Crippen molar-refractivity contribution >= 4 is 28.7 Å². The van der Waals surface area contributed by atoms with Gasteiger partial charge in [-0.1, -0.05) is 18.7 Å². The summed E-state index contributed by atoms with van der Waals surface area (Å²) in [5.74, 6) is 5.77. The molecule has 1 unspecified atom stereocenters. The molecule has 1 heterocycles. The van der Waals surface area contributed by atoms with Crippen molar-refractivity contribution in [3.05, 3.63) is 18.2 Å². The van der Waals surface area contributed by atoms with Gasteiger partial charge in [-0.15, -0.1) is 0 Å². The average molecular weight is 294 g/mol. The molecule has 0 radical (unpaired) electrons. The molecule has 2 rings (SSSR count). The van der Waals surface area contributed by atoms with E-state index in [4.69, 9.17) is 10.6 Å². The first-order chi connectivity index (χ1) is 9.67. The number of ether oxygens (including phenoxy) is 1. The number of aromatic amines is 1. The molecule has 0 aliphatic heterocycles. The van der Waals surface area contributed by atoms with Crippen molar-refractivity contribution in [2.45, 2.75) is 30.7 Å². The van der Waals surface area contributed by atoms with E-state index in [-0.39, 0.29) is 11.2 Å². The van der Waals surface area contributed by atoms with Crippen LogP contribution in [0.2, 0.25) is 0 Å². The number of imidazole rings is 1. The highest BCUT2D eigenvalue weighted by Crippen LogP contribution is 2.27. The van der Waals surface area contributed by atoms with Crippen molar-refractivity contribution in [2.24, 2.45) is 5.84 Å². The molecule has 1 amide bonds. The van der Waals surface area contributed by atoms with Gasteiger partial charge in [0.1, 0.15) is 5.75 Å². The van der Waals surface area contributed by atoms with Crippen molar-refractivity contribution in [3.8, 4) is 5.75 Å². The Morgan fingerprint density at radius 3 is 3.00 bits per heavy atom. The fourth-order valence-corrected chi connectivity index (χ4v) is 2.76. The number of hydrogen-bond donors (Lipinski definition) is 3. The standard InChI is InChI=1S/C13H18N4O2S/c1-3-11(12(18)17-14)20-13-15-9-6-5-8(19-4-2)7-10(9)16-13/h5-7,11H,3-4,14H2,1-2H3,(H,15,16)(H,17,18). The molecule has 1 aromatic carbocycles. The molecular formula is C13H18N4O2S. The van der Waals surface area contributed by atoms with Crippen LogP contribution in [0.25, 0.3) is 11.0 Å². The Morgan fingerprint density at radius 2 is 2.35 bits per heavy atom. The first-order valence-corrected chi connectivity index (χ1v) is 7.35. The molecule has 0 saturated heterocycles. The number of benzene rings is 1. The summed E-state index contributed by atoms with van der Waals surface area (Å²) in [5, 5.41) is 0.441. The first-order valence-electron chi connectivity index (χ1n) is 6.47. The zero-order chi connectivity index (χ0) is 14.5. The number of nitrogens with two attached hydrogens (primary N) is 1. The van der Waals surface area contributed by atoms with Gasteiger partial charge in [-0.2, -0.15) is 0 Å². The number of carbonyl (C=O) groups is 1. The molecule has 108 valence electrons. The minimum Gasteiger partial charge on any atom is -0.494 e. The number of hydrogen-bond acceptors (Lipinski definition) is 5. The molecular weight excluding hydrogens is 276 g/mol. The quantitative estimate of drug-likeness (QED) is 0.327. The van der Waals surface area contributed by atoms with Crippen molar-refractivity contribution in [1.82, 2.24) is 15.4 Å². The van der Waals surface area contributed by atoms with E-state index < -0.39 is 0 Å². The predicted octanol–water partition coefficient (Wildman–Crippen LogP) is 1.82. The molecule has 0 aliphatic rings. The topological polar surface area (TPSA) is 93.0 Å². The Morgan fingerprint density at radius 1 is 1.55 bits per heavy atom.